The monoisotopic (exact) mass is 359 g/mol. The molecule has 124 valence electrons. The lowest BCUT2D eigenvalue weighted by Gasteiger charge is -2.21. The smallest absolute Gasteiger partial charge is 0.264 e. The highest BCUT2D eigenvalue weighted by Crippen LogP contribution is 2.29. The lowest BCUT2D eigenvalue weighted by atomic mass is 10.2. The second kappa shape index (κ2) is 8.38. The van der Waals surface area contributed by atoms with Crippen LogP contribution < -0.4 is 0 Å². The average Bonchev–Trinajstić information content (AvgIpc) is 3.01. The van der Waals surface area contributed by atoms with Crippen molar-refractivity contribution in [2.75, 3.05) is 26.8 Å². The number of benzene rings is 1. The third-order valence-electron chi connectivity index (χ3n) is 3.16. The molecule has 1 amide bonds. The largest absolute Gasteiger partial charge is 0.383 e. The lowest BCUT2D eigenvalue weighted by molar-refractivity contribution is 0.0482. The van der Waals surface area contributed by atoms with Crippen LogP contribution in [0.3, 0.4) is 0 Å². The van der Waals surface area contributed by atoms with Gasteiger partial charge in [0.1, 0.15) is 0 Å². The number of hydrogen-bond acceptors (Lipinski definition) is 3. The fourth-order valence-corrected chi connectivity index (χ4v) is 3.13. The number of halogens is 3. The van der Waals surface area contributed by atoms with Crippen LogP contribution in [0.2, 0.25) is 5.02 Å². The Bertz CT molecular complexity index is 646. The highest BCUT2D eigenvalue weighted by Gasteiger charge is 2.21. The van der Waals surface area contributed by atoms with Gasteiger partial charge in [0.2, 0.25) is 0 Å². The van der Waals surface area contributed by atoms with Crippen LogP contribution >= 0.6 is 22.9 Å². The van der Waals surface area contributed by atoms with Gasteiger partial charge in [0, 0.05) is 23.6 Å². The highest BCUT2D eigenvalue weighted by atomic mass is 35.5. The molecule has 0 fully saturated rings. The summed E-state index contributed by atoms with van der Waals surface area (Å²) >= 11 is 7.12. The van der Waals surface area contributed by atoms with E-state index in [1.807, 2.05) is 12.1 Å². The Morgan fingerprint density at radius 1 is 1.26 bits per heavy atom. The maximum Gasteiger partial charge on any atom is 0.264 e. The topological polar surface area (TPSA) is 29.5 Å². The third-order valence-corrected chi connectivity index (χ3v) is 4.53. The Morgan fingerprint density at radius 2 is 1.96 bits per heavy atom. The van der Waals surface area contributed by atoms with Crippen LogP contribution in [0.1, 0.15) is 9.67 Å². The van der Waals surface area contributed by atoms with Crippen LogP contribution in [-0.4, -0.2) is 44.0 Å². The first kappa shape index (κ1) is 17.8. The van der Waals surface area contributed by atoms with E-state index < -0.39 is 18.9 Å². The molecule has 0 radical (unpaired) electrons. The predicted octanol–water partition coefficient (Wildman–Crippen LogP) is 4.42. The number of nitrogens with zero attached hydrogens (tertiary/aromatic N) is 1. The van der Waals surface area contributed by atoms with Crippen molar-refractivity contribution in [2.24, 2.45) is 0 Å². The molecule has 0 unspecified atom stereocenters. The Morgan fingerprint density at radius 3 is 2.57 bits per heavy atom. The van der Waals surface area contributed by atoms with Gasteiger partial charge in [-0.15, -0.1) is 11.3 Å². The number of carbonyl (C=O) groups excluding carboxylic acids is 1. The van der Waals surface area contributed by atoms with Crippen LogP contribution in [0, 0.1) is 0 Å². The standard InChI is InChI=1S/C16H16ClF2NO2S/c1-22-9-8-20(10-15(18)19)16(21)14-7-6-13(23-14)11-2-4-12(17)5-3-11/h2-7,15H,8-10H2,1H3. The summed E-state index contributed by atoms with van der Waals surface area (Å²) in [6.07, 6.45) is -2.58. The zero-order valence-electron chi connectivity index (χ0n) is 12.5. The van der Waals surface area contributed by atoms with Gasteiger partial charge in [-0.05, 0) is 29.8 Å². The molecule has 0 atom stereocenters. The highest BCUT2D eigenvalue weighted by molar-refractivity contribution is 7.17. The van der Waals surface area contributed by atoms with Gasteiger partial charge in [-0.25, -0.2) is 8.78 Å². The molecule has 0 bridgehead atoms. The number of alkyl halides is 2. The molecule has 7 heteroatoms. The maximum atomic E-state index is 12.7. The minimum Gasteiger partial charge on any atom is -0.383 e. The molecule has 0 saturated carbocycles. The van der Waals surface area contributed by atoms with Crippen LogP contribution in [0.5, 0.6) is 0 Å². The first-order chi connectivity index (χ1) is 11.0. The maximum absolute atomic E-state index is 12.7. The third kappa shape index (κ3) is 4.99. The van der Waals surface area contributed by atoms with Crippen LogP contribution in [0.4, 0.5) is 8.78 Å². The molecule has 0 spiro atoms. The van der Waals surface area contributed by atoms with Gasteiger partial charge < -0.3 is 9.64 Å². The quantitative estimate of drug-likeness (QED) is 0.732. The van der Waals surface area contributed by atoms with Crippen molar-refractivity contribution in [1.29, 1.82) is 0 Å². The van der Waals surface area contributed by atoms with E-state index in [0.29, 0.717) is 9.90 Å². The van der Waals surface area contributed by atoms with E-state index in [1.54, 1.807) is 24.3 Å². The molecule has 1 aromatic carbocycles. The van der Waals surface area contributed by atoms with Crippen molar-refractivity contribution in [3.8, 4) is 10.4 Å². The van der Waals surface area contributed by atoms with Crippen molar-refractivity contribution in [3.63, 3.8) is 0 Å². The SMILES string of the molecule is COCCN(CC(F)F)C(=O)c1ccc(-c2ccc(Cl)cc2)s1. The van der Waals surface area contributed by atoms with E-state index in [1.165, 1.54) is 18.4 Å². The van der Waals surface area contributed by atoms with Gasteiger partial charge in [-0.3, -0.25) is 4.79 Å². The molecule has 0 N–H and O–H groups in total. The van der Waals surface area contributed by atoms with Crippen molar-refractivity contribution < 1.29 is 18.3 Å². The van der Waals surface area contributed by atoms with E-state index in [9.17, 15) is 13.6 Å². The van der Waals surface area contributed by atoms with Crippen molar-refractivity contribution in [2.45, 2.75) is 6.43 Å². The molecule has 1 heterocycles. The average molecular weight is 360 g/mol. The Balaban J connectivity index is 2.16. The van der Waals surface area contributed by atoms with Gasteiger partial charge in [-0.2, -0.15) is 0 Å². The summed E-state index contributed by atoms with van der Waals surface area (Å²) in [5.41, 5.74) is 0.927. The summed E-state index contributed by atoms with van der Waals surface area (Å²) in [5.74, 6) is -0.410. The zero-order valence-corrected chi connectivity index (χ0v) is 14.0. The first-order valence-electron chi connectivity index (χ1n) is 6.93. The minimum absolute atomic E-state index is 0.133. The molecule has 2 rings (SSSR count). The molecule has 0 aliphatic rings. The number of hydrogen-bond donors (Lipinski definition) is 0. The van der Waals surface area contributed by atoms with Crippen LogP contribution in [-0.2, 0) is 4.74 Å². The van der Waals surface area contributed by atoms with Crippen LogP contribution in [0.15, 0.2) is 36.4 Å². The number of carbonyl (C=O) groups is 1. The Hall–Kier alpha value is -1.50. The summed E-state index contributed by atoms with van der Waals surface area (Å²) < 4.78 is 30.2. The molecular formula is C16H16ClF2NO2S. The van der Waals surface area contributed by atoms with Gasteiger partial charge in [0.05, 0.1) is 18.0 Å². The second-order valence-corrected chi connectivity index (χ2v) is 6.33. The fraction of sp³-hybridized carbons (Fsp3) is 0.312. The number of rotatable bonds is 7. The lowest BCUT2D eigenvalue weighted by Crippen LogP contribution is -2.37. The minimum atomic E-state index is -2.58. The van der Waals surface area contributed by atoms with Gasteiger partial charge >= 0.3 is 0 Å². The number of amides is 1. The van der Waals surface area contributed by atoms with Crippen LogP contribution in [0.25, 0.3) is 10.4 Å². The molecule has 2 aromatic rings. The molecule has 0 aliphatic heterocycles. The summed E-state index contributed by atoms with van der Waals surface area (Å²) in [6, 6.07) is 10.7. The number of ether oxygens (including phenoxy) is 1. The van der Waals surface area contributed by atoms with Gasteiger partial charge in [0.25, 0.3) is 12.3 Å². The van der Waals surface area contributed by atoms with E-state index in [-0.39, 0.29) is 13.2 Å². The first-order valence-corrected chi connectivity index (χ1v) is 8.13. The fourth-order valence-electron chi connectivity index (χ4n) is 2.02. The molecule has 0 saturated heterocycles. The summed E-state index contributed by atoms with van der Waals surface area (Å²) in [7, 11) is 1.47. The normalized spacial score (nSPS) is 11.0. The molecular weight excluding hydrogens is 344 g/mol. The summed E-state index contributed by atoms with van der Waals surface area (Å²) in [4.78, 5) is 14.8. The van der Waals surface area contributed by atoms with E-state index >= 15 is 0 Å². The molecule has 23 heavy (non-hydrogen) atoms. The Kier molecular flexibility index (Phi) is 6.50. The molecule has 1 aromatic heterocycles. The molecule has 0 aliphatic carbocycles. The molecule has 3 nitrogen and oxygen atoms in total. The van der Waals surface area contributed by atoms with Gasteiger partial charge in [-0.1, -0.05) is 23.7 Å². The second-order valence-electron chi connectivity index (χ2n) is 4.81. The summed E-state index contributed by atoms with van der Waals surface area (Å²) in [6.45, 7) is -0.252. The number of methoxy groups -OCH3 is 1. The van der Waals surface area contributed by atoms with E-state index in [4.69, 9.17) is 16.3 Å². The van der Waals surface area contributed by atoms with Crippen molar-refractivity contribution in [3.05, 3.63) is 46.3 Å². The van der Waals surface area contributed by atoms with E-state index in [0.717, 1.165) is 15.3 Å². The van der Waals surface area contributed by atoms with Gasteiger partial charge in [0.15, 0.2) is 0 Å². The van der Waals surface area contributed by atoms with Crippen molar-refractivity contribution in [1.82, 2.24) is 4.90 Å². The van der Waals surface area contributed by atoms with Crippen molar-refractivity contribution >= 4 is 28.8 Å². The zero-order chi connectivity index (χ0) is 16.8. The summed E-state index contributed by atoms with van der Waals surface area (Å²) in [5, 5.41) is 0.629. The number of thiophene rings is 1. The Labute approximate surface area is 142 Å². The predicted molar refractivity (Wildman–Crippen MR) is 88.5 cm³/mol. The van der Waals surface area contributed by atoms with E-state index in [2.05, 4.69) is 0 Å².